The van der Waals surface area contributed by atoms with E-state index in [1.165, 1.54) is 19.3 Å². The van der Waals surface area contributed by atoms with Crippen molar-refractivity contribution in [2.45, 2.75) is 51.9 Å². The van der Waals surface area contributed by atoms with Gasteiger partial charge in [0.2, 0.25) is 0 Å². The van der Waals surface area contributed by atoms with Gasteiger partial charge in [-0.3, -0.25) is 9.59 Å². The van der Waals surface area contributed by atoms with Crippen molar-refractivity contribution in [1.82, 2.24) is 0 Å². The van der Waals surface area contributed by atoms with Crippen molar-refractivity contribution in [3.63, 3.8) is 0 Å². The molecule has 134 valence electrons. The molecule has 5 heteroatoms. The summed E-state index contributed by atoms with van der Waals surface area (Å²) in [6.45, 7) is 3.05. The minimum atomic E-state index is -0.411. The largest absolute Gasteiger partial charge is 0.490 e. The van der Waals surface area contributed by atoms with Crippen LogP contribution in [-0.4, -0.2) is 31.8 Å². The lowest BCUT2D eigenvalue weighted by Gasteiger charge is -2.07. The van der Waals surface area contributed by atoms with Crippen molar-refractivity contribution in [2.24, 2.45) is 0 Å². The Morgan fingerprint density at radius 2 is 1.42 bits per heavy atom. The fraction of sp³-hybridized carbons (Fsp3) is 0.579. The molecule has 0 N–H and O–H groups in total. The highest BCUT2D eigenvalue weighted by molar-refractivity contribution is 5.77. The first kappa shape index (κ1) is 20.0. The molecule has 0 amide bonds. The Labute approximate surface area is 144 Å². The molecule has 0 aliphatic rings. The second kappa shape index (κ2) is 13.4. The smallest absolute Gasteiger partial charge is 0.306 e. The minimum Gasteiger partial charge on any atom is -0.490 e. The molecular formula is C19H28O5. The van der Waals surface area contributed by atoms with E-state index < -0.39 is 5.97 Å². The Morgan fingerprint density at radius 3 is 2.08 bits per heavy atom. The second-order valence-corrected chi connectivity index (χ2v) is 5.52. The maximum Gasteiger partial charge on any atom is 0.306 e. The number of benzene rings is 1. The predicted octanol–water partition coefficient (Wildman–Crippen LogP) is 3.90. The molecule has 0 spiro atoms. The van der Waals surface area contributed by atoms with Crippen molar-refractivity contribution in [2.75, 3.05) is 19.8 Å². The number of hydrogen-bond acceptors (Lipinski definition) is 5. The molecule has 0 saturated heterocycles. The Hall–Kier alpha value is -2.04. The van der Waals surface area contributed by atoms with Crippen LogP contribution in [0.5, 0.6) is 5.75 Å². The van der Waals surface area contributed by atoms with Crippen molar-refractivity contribution >= 4 is 11.9 Å². The summed E-state index contributed by atoms with van der Waals surface area (Å²) in [6.07, 6.45) is 5.64. The molecule has 1 aromatic rings. The number of carbonyl (C=O) groups excluding carboxylic acids is 2. The molecule has 0 saturated carbocycles. The van der Waals surface area contributed by atoms with Gasteiger partial charge in [-0.1, -0.05) is 50.8 Å². The van der Waals surface area contributed by atoms with Crippen LogP contribution in [0.25, 0.3) is 0 Å². The van der Waals surface area contributed by atoms with Crippen LogP contribution in [0.2, 0.25) is 0 Å². The molecule has 0 heterocycles. The van der Waals surface area contributed by atoms with Gasteiger partial charge in [-0.25, -0.2) is 0 Å². The second-order valence-electron chi connectivity index (χ2n) is 5.52. The number of ether oxygens (including phenoxy) is 3. The van der Waals surface area contributed by atoms with Crippen LogP contribution in [-0.2, 0) is 19.1 Å². The monoisotopic (exact) mass is 336 g/mol. The number of carbonyl (C=O) groups is 2. The molecule has 0 radical (unpaired) electrons. The van der Waals surface area contributed by atoms with Crippen LogP contribution in [0.1, 0.15) is 51.9 Å². The molecule has 0 aliphatic heterocycles. The van der Waals surface area contributed by atoms with Gasteiger partial charge in [0.05, 0.1) is 19.4 Å². The molecule has 0 bridgehead atoms. The van der Waals surface area contributed by atoms with E-state index in [1.807, 2.05) is 30.3 Å². The zero-order valence-electron chi connectivity index (χ0n) is 14.5. The summed E-state index contributed by atoms with van der Waals surface area (Å²) < 4.78 is 15.5. The molecule has 1 aromatic carbocycles. The van der Waals surface area contributed by atoms with E-state index in [0.29, 0.717) is 6.61 Å². The van der Waals surface area contributed by atoms with Crippen LogP contribution in [0.3, 0.4) is 0 Å². The van der Waals surface area contributed by atoms with Crippen LogP contribution < -0.4 is 4.74 Å². The van der Waals surface area contributed by atoms with Crippen molar-refractivity contribution in [3.05, 3.63) is 30.3 Å². The quantitative estimate of drug-likeness (QED) is 0.404. The SMILES string of the molecule is CCCCCCCOC(=O)CCC(=O)OCCOc1ccccc1. The fourth-order valence-corrected chi connectivity index (χ4v) is 2.07. The van der Waals surface area contributed by atoms with E-state index >= 15 is 0 Å². The van der Waals surface area contributed by atoms with Gasteiger partial charge in [-0.15, -0.1) is 0 Å². The van der Waals surface area contributed by atoms with Crippen molar-refractivity contribution < 1.29 is 23.8 Å². The Balaban J connectivity index is 1.96. The third-order valence-electron chi connectivity index (χ3n) is 3.40. The highest BCUT2D eigenvalue weighted by Crippen LogP contribution is 2.08. The van der Waals surface area contributed by atoms with Crippen LogP contribution in [0, 0.1) is 0 Å². The fourth-order valence-electron chi connectivity index (χ4n) is 2.07. The molecule has 24 heavy (non-hydrogen) atoms. The zero-order chi connectivity index (χ0) is 17.5. The summed E-state index contributed by atoms with van der Waals surface area (Å²) in [7, 11) is 0. The van der Waals surface area contributed by atoms with Gasteiger partial charge < -0.3 is 14.2 Å². The van der Waals surface area contributed by atoms with Crippen LogP contribution in [0.15, 0.2) is 30.3 Å². The first-order chi connectivity index (χ1) is 11.7. The van der Waals surface area contributed by atoms with E-state index in [4.69, 9.17) is 14.2 Å². The number of rotatable bonds is 13. The van der Waals surface area contributed by atoms with Gasteiger partial charge in [0, 0.05) is 0 Å². The van der Waals surface area contributed by atoms with Gasteiger partial charge >= 0.3 is 11.9 Å². The summed E-state index contributed by atoms with van der Waals surface area (Å²) >= 11 is 0. The van der Waals surface area contributed by atoms with E-state index in [2.05, 4.69) is 6.92 Å². The Morgan fingerprint density at radius 1 is 0.792 bits per heavy atom. The van der Waals surface area contributed by atoms with Gasteiger partial charge in [0.15, 0.2) is 0 Å². The van der Waals surface area contributed by atoms with Crippen LogP contribution >= 0.6 is 0 Å². The predicted molar refractivity (Wildman–Crippen MR) is 91.8 cm³/mol. The molecular weight excluding hydrogens is 308 g/mol. The van der Waals surface area contributed by atoms with Crippen LogP contribution in [0.4, 0.5) is 0 Å². The van der Waals surface area contributed by atoms with E-state index in [9.17, 15) is 9.59 Å². The first-order valence-electron chi connectivity index (χ1n) is 8.71. The topological polar surface area (TPSA) is 61.8 Å². The summed E-state index contributed by atoms with van der Waals surface area (Å²) in [6, 6.07) is 9.31. The number of para-hydroxylation sites is 1. The molecule has 0 aromatic heterocycles. The molecule has 0 atom stereocenters. The molecule has 1 rings (SSSR count). The summed E-state index contributed by atoms with van der Waals surface area (Å²) in [5.74, 6) is -0.0226. The normalized spacial score (nSPS) is 10.2. The van der Waals surface area contributed by atoms with Gasteiger partial charge in [-0.2, -0.15) is 0 Å². The number of esters is 2. The molecule has 0 fully saturated rings. The molecule has 5 nitrogen and oxygen atoms in total. The lowest BCUT2D eigenvalue weighted by molar-refractivity contribution is -0.150. The lowest BCUT2D eigenvalue weighted by Crippen LogP contribution is -2.14. The Bertz CT molecular complexity index is 458. The summed E-state index contributed by atoms with van der Waals surface area (Å²) in [5.41, 5.74) is 0. The summed E-state index contributed by atoms with van der Waals surface area (Å²) in [5, 5.41) is 0. The van der Waals surface area contributed by atoms with E-state index in [0.717, 1.165) is 18.6 Å². The third-order valence-corrected chi connectivity index (χ3v) is 3.40. The minimum absolute atomic E-state index is 0.0417. The average molecular weight is 336 g/mol. The Kier molecular flexibility index (Phi) is 11.2. The highest BCUT2D eigenvalue weighted by atomic mass is 16.6. The first-order valence-corrected chi connectivity index (χ1v) is 8.71. The van der Waals surface area contributed by atoms with E-state index in [-0.39, 0.29) is 32.0 Å². The standard InChI is InChI=1S/C19H28O5/c1-2-3-4-5-9-14-23-18(20)12-13-19(21)24-16-15-22-17-10-7-6-8-11-17/h6-8,10-11H,2-5,9,12-16H2,1H3. The average Bonchev–Trinajstić information content (AvgIpc) is 2.61. The maximum absolute atomic E-state index is 11.5. The van der Waals surface area contributed by atoms with Gasteiger partial charge in [0.25, 0.3) is 0 Å². The highest BCUT2D eigenvalue weighted by Gasteiger charge is 2.09. The molecule has 0 aliphatic carbocycles. The molecule has 0 unspecified atom stereocenters. The number of hydrogen-bond donors (Lipinski definition) is 0. The number of unbranched alkanes of at least 4 members (excludes halogenated alkanes) is 4. The van der Waals surface area contributed by atoms with Crippen molar-refractivity contribution in [1.29, 1.82) is 0 Å². The lowest BCUT2D eigenvalue weighted by atomic mass is 10.2. The summed E-state index contributed by atoms with van der Waals surface area (Å²) in [4.78, 5) is 23.0. The van der Waals surface area contributed by atoms with Gasteiger partial charge in [-0.05, 0) is 18.6 Å². The van der Waals surface area contributed by atoms with E-state index in [1.54, 1.807) is 0 Å². The van der Waals surface area contributed by atoms with Crippen molar-refractivity contribution in [3.8, 4) is 5.75 Å². The third kappa shape index (κ3) is 10.6. The zero-order valence-corrected chi connectivity index (χ0v) is 14.5. The maximum atomic E-state index is 11.5. The van der Waals surface area contributed by atoms with Gasteiger partial charge in [0.1, 0.15) is 19.0 Å².